The fraction of sp³-hybridized carbons (Fsp3) is 0.294. The van der Waals surface area contributed by atoms with Crippen LogP contribution in [0.5, 0.6) is 0 Å². The Morgan fingerprint density at radius 3 is 1.63 bits per heavy atom. The van der Waals surface area contributed by atoms with Gasteiger partial charge in [0.15, 0.2) is 0 Å². The van der Waals surface area contributed by atoms with Gasteiger partial charge in [0.05, 0.1) is 0 Å². The van der Waals surface area contributed by atoms with Crippen LogP contribution in [-0.4, -0.2) is 30.9 Å². The van der Waals surface area contributed by atoms with Crippen molar-refractivity contribution in [3.63, 3.8) is 0 Å². The van der Waals surface area contributed by atoms with Gasteiger partial charge in [-0.3, -0.25) is 0 Å². The van der Waals surface area contributed by atoms with E-state index < -0.39 is 0 Å². The van der Waals surface area contributed by atoms with E-state index in [-0.39, 0.29) is 0 Å². The molecule has 0 spiro atoms. The van der Waals surface area contributed by atoms with Gasteiger partial charge in [-0.1, -0.05) is 0 Å². The first-order valence-electron chi connectivity index (χ1n) is 7.05. The Morgan fingerprint density at radius 2 is 1.26 bits per heavy atom. The first-order valence-corrected chi connectivity index (χ1v) is 7.05. The van der Waals surface area contributed by atoms with Gasteiger partial charge < -0.3 is 4.74 Å². The molecule has 0 heterocycles. The van der Waals surface area contributed by atoms with E-state index in [1.165, 1.54) is 22.3 Å². The van der Waals surface area contributed by atoms with Crippen molar-refractivity contribution in [1.82, 2.24) is 0 Å². The van der Waals surface area contributed by atoms with Crippen molar-refractivity contribution >= 4 is 17.7 Å². The molecule has 2 aromatic rings. The van der Waals surface area contributed by atoms with Crippen LogP contribution in [0.3, 0.4) is 0 Å². The molecule has 1 aliphatic rings. The molecule has 3 rings (SSSR count). The van der Waals surface area contributed by atoms with E-state index >= 15 is 0 Å². The Kier molecular flexibility index (Phi) is 5.28. The maximum absolute atomic E-state index is 4.83. The van der Waals surface area contributed by atoms with Gasteiger partial charge in [0.2, 0.25) is 0 Å². The SMILES string of the molecule is CCOCC.[Li][CH]1c2ccccc2-c2ccccc21. The number of benzene rings is 2. The van der Waals surface area contributed by atoms with Gasteiger partial charge in [-0.2, -0.15) is 0 Å². The first kappa shape index (κ1) is 14.4. The molecule has 1 aliphatic carbocycles. The van der Waals surface area contributed by atoms with Crippen molar-refractivity contribution in [3.05, 3.63) is 59.7 Å². The minimum atomic E-state index is 0.558. The Bertz CT molecular complexity index is 489. The van der Waals surface area contributed by atoms with E-state index in [1.807, 2.05) is 13.8 Å². The van der Waals surface area contributed by atoms with Gasteiger partial charge >= 0.3 is 93.1 Å². The summed E-state index contributed by atoms with van der Waals surface area (Å²) in [6.45, 7) is 5.67. The first-order chi connectivity index (χ1) is 9.29. The second-order valence-electron chi connectivity index (χ2n) is 4.68. The van der Waals surface area contributed by atoms with Crippen molar-refractivity contribution < 1.29 is 4.74 Å². The quantitative estimate of drug-likeness (QED) is 0.728. The molecule has 0 radical (unpaired) electrons. The van der Waals surface area contributed by atoms with E-state index in [1.54, 1.807) is 0 Å². The average molecular weight is 246 g/mol. The molecular formula is C17H19LiO. The molecule has 0 bridgehead atoms. The van der Waals surface area contributed by atoms with E-state index in [4.69, 9.17) is 4.74 Å². The molecule has 0 saturated carbocycles. The summed E-state index contributed by atoms with van der Waals surface area (Å²) in [4.78, 5) is 0. The number of hydrogen-bond acceptors (Lipinski definition) is 1. The van der Waals surface area contributed by atoms with Crippen LogP contribution < -0.4 is 0 Å². The van der Waals surface area contributed by atoms with Gasteiger partial charge in [-0.05, 0) is 13.8 Å². The zero-order valence-electron chi connectivity index (χ0n) is 12.0. The average Bonchev–Trinajstić information content (AvgIpc) is 2.75. The number of rotatable bonds is 2. The molecule has 0 atom stereocenters. The van der Waals surface area contributed by atoms with E-state index in [9.17, 15) is 0 Å². The Hall–Kier alpha value is -1.00. The summed E-state index contributed by atoms with van der Waals surface area (Å²) in [6, 6.07) is 17.4. The molecule has 0 aromatic heterocycles. The molecule has 0 N–H and O–H groups in total. The topological polar surface area (TPSA) is 9.23 Å². The van der Waals surface area contributed by atoms with Gasteiger partial charge in [0, 0.05) is 13.2 Å². The molecule has 2 heteroatoms. The zero-order valence-corrected chi connectivity index (χ0v) is 12.0. The summed E-state index contributed by atoms with van der Waals surface area (Å²) in [5.74, 6) is 0. The standard InChI is InChI=1S/C13H9.C4H10O.Li/c1-3-7-12-10(5-1)9-11-6-2-4-8-13(11)12;1-3-5-4-2;/h1-9H;3-4H2,1-2H3;. The monoisotopic (exact) mass is 246 g/mol. The molecular weight excluding hydrogens is 227 g/mol. The summed E-state index contributed by atoms with van der Waals surface area (Å²) in [7, 11) is 0. The van der Waals surface area contributed by atoms with Crippen LogP contribution in [0.4, 0.5) is 0 Å². The predicted molar refractivity (Wildman–Crippen MR) is 81.6 cm³/mol. The van der Waals surface area contributed by atoms with Gasteiger partial charge in [-0.15, -0.1) is 0 Å². The summed E-state index contributed by atoms with van der Waals surface area (Å²) in [5.41, 5.74) is 5.76. The second kappa shape index (κ2) is 6.96. The summed E-state index contributed by atoms with van der Waals surface area (Å²) >= 11 is 2.28. The summed E-state index contributed by atoms with van der Waals surface area (Å²) in [6.07, 6.45) is 0. The molecule has 0 aliphatic heterocycles. The van der Waals surface area contributed by atoms with E-state index in [0.29, 0.717) is 4.59 Å². The fourth-order valence-electron chi connectivity index (χ4n) is 2.61. The third-order valence-electron chi connectivity index (χ3n) is 3.55. The number of ether oxygens (including phenoxy) is 1. The van der Waals surface area contributed by atoms with Crippen molar-refractivity contribution in [1.29, 1.82) is 0 Å². The molecule has 0 saturated heterocycles. The molecule has 0 fully saturated rings. The molecule has 1 nitrogen and oxygen atoms in total. The second-order valence-corrected chi connectivity index (χ2v) is 4.68. The minimum absolute atomic E-state index is 0.558. The summed E-state index contributed by atoms with van der Waals surface area (Å²) in [5, 5.41) is 0. The van der Waals surface area contributed by atoms with E-state index in [2.05, 4.69) is 66.2 Å². The van der Waals surface area contributed by atoms with Crippen molar-refractivity contribution in [3.8, 4) is 11.1 Å². The van der Waals surface area contributed by atoms with Gasteiger partial charge in [0.25, 0.3) is 0 Å². The van der Waals surface area contributed by atoms with Crippen LogP contribution in [-0.2, 0) is 4.74 Å². The van der Waals surface area contributed by atoms with E-state index in [0.717, 1.165) is 13.2 Å². The molecule has 94 valence electrons. The van der Waals surface area contributed by atoms with Gasteiger partial charge in [0.1, 0.15) is 0 Å². The third-order valence-corrected chi connectivity index (χ3v) is 3.55. The number of fused-ring (bicyclic) bond motifs is 3. The Labute approximate surface area is 125 Å². The Balaban J connectivity index is 0.000000232. The van der Waals surface area contributed by atoms with Crippen LogP contribution in [0, 0.1) is 0 Å². The third kappa shape index (κ3) is 3.12. The van der Waals surface area contributed by atoms with Crippen molar-refractivity contribution in [2.24, 2.45) is 0 Å². The van der Waals surface area contributed by atoms with Crippen LogP contribution in [0.2, 0.25) is 0 Å². The zero-order chi connectivity index (χ0) is 13.7. The van der Waals surface area contributed by atoms with Crippen LogP contribution in [0.15, 0.2) is 48.5 Å². The normalized spacial score (nSPS) is 12.4. The predicted octanol–water partition coefficient (Wildman–Crippen LogP) is 3.97. The maximum atomic E-state index is 4.83. The van der Waals surface area contributed by atoms with Crippen molar-refractivity contribution in [2.45, 2.75) is 18.4 Å². The molecule has 0 unspecified atom stereocenters. The molecule has 0 amide bonds. The van der Waals surface area contributed by atoms with Crippen LogP contribution >= 0.6 is 0 Å². The fourth-order valence-corrected chi connectivity index (χ4v) is 2.61. The van der Waals surface area contributed by atoms with Crippen molar-refractivity contribution in [2.75, 3.05) is 13.2 Å². The van der Waals surface area contributed by atoms with Crippen LogP contribution in [0.1, 0.15) is 29.6 Å². The summed E-state index contributed by atoms with van der Waals surface area (Å²) < 4.78 is 5.39. The van der Waals surface area contributed by atoms with Crippen LogP contribution in [0.25, 0.3) is 11.1 Å². The molecule has 2 aromatic carbocycles. The number of hydrogen-bond donors (Lipinski definition) is 0. The molecule has 19 heavy (non-hydrogen) atoms. The van der Waals surface area contributed by atoms with Gasteiger partial charge in [-0.25, -0.2) is 0 Å². The Morgan fingerprint density at radius 1 is 0.842 bits per heavy atom.